The van der Waals surface area contributed by atoms with Gasteiger partial charge in [0, 0.05) is 12.3 Å². The number of fused-ring (bicyclic) bond motifs is 1. The zero-order valence-electron chi connectivity index (χ0n) is 18.9. The van der Waals surface area contributed by atoms with Crippen LogP contribution in [-0.4, -0.2) is 95.1 Å². The number of hydrogen-bond acceptors (Lipinski definition) is 11. The summed E-state index contributed by atoms with van der Waals surface area (Å²) in [5.74, 6) is -1.45. The number of carbonyl (C=O) groups is 1. The van der Waals surface area contributed by atoms with Gasteiger partial charge in [0.05, 0.1) is 43.2 Å². The summed E-state index contributed by atoms with van der Waals surface area (Å²) in [6, 6.07) is 0. The van der Waals surface area contributed by atoms with Crippen molar-refractivity contribution in [1.29, 1.82) is 0 Å². The van der Waals surface area contributed by atoms with Gasteiger partial charge in [-0.1, -0.05) is 0 Å². The van der Waals surface area contributed by atoms with Gasteiger partial charge >= 0.3 is 5.97 Å². The van der Waals surface area contributed by atoms with Crippen LogP contribution < -0.4 is 0 Å². The van der Waals surface area contributed by atoms with Crippen LogP contribution in [0.4, 0.5) is 0 Å². The van der Waals surface area contributed by atoms with E-state index >= 15 is 0 Å². The molecule has 3 aliphatic rings. The second kappa shape index (κ2) is 9.90. The number of ether oxygens (including phenoxy) is 6. The number of methoxy groups -OCH3 is 1. The Labute approximate surface area is 186 Å². The van der Waals surface area contributed by atoms with Crippen molar-refractivity contribution in [3.05, 3.63) is 11.8 Å². The monoisotopic (exact) mass is 462 g/mol. The largest absolute Gasteiger partial charge is 0.471 e. The van der Waals surface area contributed by atoms with Gasteiger partial charge in [0.15, 0.2) is 12.6 Å². The third-order valence-corrected chi connectivity index (χ3v) is 5.89. The van der Waals surface area contributed by atoms with E-state index in [2.05, 4.69) is 0 Å². The van der Waals surface area contributed by atoms with Gasteiger partial charge in [0.2, 0.25) is 6.29 Å². The summed E-state index contributed by atoms with van der Waals surface area (Å²) >= 11 is 0. The van der Waals surface area contributed by atoms with Crippen molar-refractivity contribution in [1.82, 2.24) is 0 Å². The first kappa shape index (κ1) is 25.3. The van der Waals surface area contributed by atoms with E-state index in [-0.39, 0.29) is 0 Å². The summed E-state index contributed by atoms with van der Waals surface area (Å²) in [5, 5.41) is 39.8. The molecule has 3 aliphatic heterocycles. The van der Waals surface area contributed by atoms with Crippen molar-refractivity contribution in [3.63, 3.8) is 0 Å². The molecule has 184 valence electrons. The first-order valence-electron chi connectivity index (χ1n) is 10.7. The fraction of sp³-hybridized carbons (Fsp3) is 0.857. The number of hydrogen-bond donors (Lipinski definition) is 4. The molecule has 32 heavy (non-hydrogen) atoms. The summed E-state index contributed by atoms with van der Waals surface area (Å²) in [5.41, 5.74) is -0.159. The molecule has 3 heterocycles. The van der Waals surface area contributed by atoms with Crippen LogP contribution in [0.15, 0.2) is 11.8 Å². The Kier molecular flexibility index (Phi) is 7.83. The lowest BCUT2D eigenvalue weighted by Gasteiger charge is -2.48. The van der Waals surface area contributed by atoms with Gasteiger partial charge in [-0.25, -0.2) is 4.79 Å². The molecule has 0 bridgehead atoms. The second-order valence-electron chi connectivity index (χ2n) is 9.32. The van der Waals surface area contributed by atoms with Crippen molar-refractivity contribution >= 4 is 5.97 Å². The predicted molar refractivity (Wildman–Crippen MR) is 107 cm³/mol. The maximum atomic E-state index is 12.4. The van der Waals surface area contributed by atoms with E-state index in [1.54, 1.807) is 6.92 Å². The molecule has 3 unspecified atom stereocenters. The number of aliphatic hydroxyl groups excluding tert-OH is 4. The van der Waals surface area contributed by atoms with E-state index in [0.717, 1.165) is 0 Å². The summed E-state index contributed by atoms with van der Waals surface area (Å²) < 4.78 is 33.9. The van der Waals surface area contributed by atoms with Crippen LogP contribution in [0.2, 0.25) is 0 Å². The highest BCUT2D eigenvalue weighted by Crippen LogP contribution is 2.44. The molecule has 2 saturated heterocycles. The molecule has 0 aromatic carbocycles. The Balaban J connectivity index is 1.83. The summed E-state index contributed by atoms with van der Waals surface area (Å²) in [6.07, 6.45) is -7.67. The Hall–Kier alpha value is -1.31. The molecule has 0 radical (unpaired) electrons. The third-order valence-electron chi connectivity index (χ3n) is 5.89. The topological polar surface area (TPSA) is 153 Å². The minimum Gasteiger partial charge on any atom is -0.471 e. The van der Waals surface area contributed by atoms with Gasteiger partial charge in [-0.2, -0.15) is 0 Å². The van der Waals surface area contributed by atoms with Crippen molar-refractivity contribution in [2.45, 2.75) is 89.1 Å². The third kappa shape index (κ3) is 5.26. The fourth-order valence-corrected chi connectivity index (χ4v) is 4.36. The van der Waals surface area contributed by atoms with Crippen molar-refractivity contribution in [2.75, 3.05) is 13.7 Å². The van der Waals surface area contributed by atoms with Gasteiger partial charge in [-0.15, -0.1) is 0 Å². The van der Waals surface area contributed by atoms with Crippen LogP contribution >= 0.6 is 0 Å². The smallest absolute Gasteiger partial charge is 0.337 e. The van der Waals surface area contributed by atoms with Gasteiger partial charge in [0.25, 0.3) is 0 Å². The van der Waals surface area contributed by atoms with E-state index in [1.807, 2.05) is 20.8 Å². The number of carbonyl (C=O) groups excluding carboxylic acids is 1. The van der Waals surface area contributed by atoms with E-state index in [4.69, 9.17) is 28.4 Å². The number of rotatable bonds is 5. The molecule has 0 spiro atoms. The molecule has 11 nitrogen and oxygen atoms in total. The van der Waals surface area contributed by atoms with Gasteiger partial charge in [-0.05, 0) is 27.7 Å². The Bertz CT molecular complexity index is 688. The average molecular weight is 462 g/mol. The quantitative estimate of drug-likeness (QED) is 0.387. The maximum Gasteiger partial charge on any atom is 0.337 e. The molecule has 0 amide bonds. The fourth-order valence-electron chi connectivity index (χ4n) is 4.36. The summed E-state index contributed by atoms with van der Waals surface area (Å²) in [4.78, 5) is 12.4. The Morgan fingerprint density at radius 3 is 2.41 bits per heavy atom. The number of aliphatic hydroxyl groups is 4. The highest BCUT2D eigenvalue weighted by atomic mass is 16.8. The van der Waals surface area contributed by atoms with E-state index in [9.17, 15) is 25.2 Å². The molecule has 2 fully saturated rings. The zero-order valence-corrected chi connectivity index (χ0v) is 18.9. The van der Waals surface area contributed by atoms with Crippen molar-refractivity contribution in [3.8, 4) is 0 Å². The first-order chi connectivity index (χ1) is 15.0. The van der Waals surface area contributed by atoms with Gasteiger partial charge in [-0.3, -0.25) is 0 Å². The minimum atomic E-state index is -1.59. The summed E-state index contributed by atoms with van der Waals surface area (Å²) in [6.45, 7) is 6.92. The van der Waals surface area contributed by atoms with Gasteiger partial charge in [0.1, 0.15) is 24.4 Å². The molecule has 10 atom stereocenters. The minimum absolute atomic E-state index is 0.309. The molecule has 0 saturated carbocycles. The number of esters is 1. The van der Waals surface area contributed by atoms with Gasteiger partial charge < -0.3 is 48.8 Å². The Morgan fingerprint density at radius 2 is 1.81 bits per heavy atom. The Morgan fingerprint density at radius 1 is 1.12 bits per heavy atom. The molecule has 3 rings (SSSR count). The van der Waals surface area contributed by atoms with E-state index < -0.39 is 79.4 Å². The molecule has 0 aliphatic carbocycles. The van der Waals surface area contributed by atoms with Crippen LogP contribution in [0.5, 0.6) is 0 Å². The molecule has 0 aromatic heterocycles. The zero-order chi connectivity index (χ0) is 23.8. The summed E-state index contributed by atoms with van der Waals surface area (Å²) in [7, 11) is 1.28. The standard InChI is InChI=1S/C21H34O11/c1-9-14-10(6-13(29-9)32-21(2,3)4)11(18(26)27-5)8-28-19(14)31-20-17(25)16(24)15(23)12(7-22)30-20/h8-10,12-17,19-20,22-25H,6-7H2,1-5H3/t9-,10?,12+,13?,14?,15+,16-,17+,19-,20-/m0/s1. The second-order valence-corrected chi connectivity index (χ2v) is 9.32. The van der Waals surface area contributed by atoms with Crippen LogP contribution in [-0.2, 0) is 33.2 Å². The molecule has 0 aromatic rings. The molecule has 11 heteroatoms. The average Bonchev–Trinajstić information content (AvgIpc) is 2.72. The molecular formula is C21H34O11. The van der Waals surface area contributed by atoms with E-state index in [0.29, 0.717) is 12.0 Å². The molecular weight excluding hydrogens is 428 g/mol. The van der Waals surface area contributed by atoms with Crippen LogP contribution in [0, 0.1) is 11.8 Å². The van der Waals surface area contributed by atoms with E-state index in [1.165, 1.54) is 13.4 Å². The highest BCUT2D eigenvalue weighted by molar-refractivity contribution is 5.88. The van der Waals surface area contributed by atoms with Crippen molar-refractivity contribution in [2.24, 2.45) is 11.8 Å². The van der Waals surface area contributed by atoms with Crippen LogP contribution in [0.25, 0.3) is 0 Å². The van der Waals surface area contributed by atoms with Crippen LogP contribution in [0.3, 0.4) is 0 Å². The normalized spacial score (nSPS) is 42.5. The maximum absolute atomic E-state index is 12.4. The first-order valence-corrected chi connectivity index (χ1v) is 10.7. The lowest BCUT2D eigenvalue weighted by molar-refractivity contribution is -0.355. The van der Waals surface area contributed by atoms with Crippen molar-refractivity contribution < 1.29 is 53.6 Å². The predicted octanol–water partition coefficient (Wildman–Crippen LogP) is -0.601. The highest BCUT2D eigenvalue weighted by Gasteiger charge is 2.52. The SMILES string of the molecule is COC(=O)C1=CO[C@@H](O[C@@H]2O[C@H](CO)[C@@H](O)[C@H](O)[C@H]2O)C2C1CC(OC(C)(C)C)O[C@H]2C. The molecule has 4 N–H and O–H groups in total. The lowest BCUT2D eigenvalue weighted by atomic mass is 9.77. The lowest BCUT2D eigenvalue weighted by Crippen LogP contribution is -2.61. The van der Waals surface area contributed by atoms with Crippen LogP contribution in [0.1, 0.15) is 34.1 Å².